The minimum Gasteiger partial charge on any atom is -0.454 e. The maximum atomic E-state index is 11.1. The highest BCUT2D eigenvalue weighted by molar-refractivity contribution is 6.32. The predicted octanol–water partition coefficient (Wildman–Crippen LogP) is 2.72. The first-order valence-electron chi connectivity index (χ1n) is 5.83. The van der Waals surface area contributed by atoms with E-state index < -0.39 is 0 Å². The van der Waals surface area contributed by atoms with Crippen LogP contribution in [0.1, 0.15) is 16.2 Å². The quantitative estimate of drug-likeness (QED) is 0.692. The Bertz CT molecular complexity index is 691. The van der Waals surface area contributed by atoms with Crippen LogP contribution in [0, 0.1) is 6.92 Å². The van der Waals surface area contributed by atoms with Crippen LogP contribution >= 0.6 is 11.6 Å². The fraction of sp³-hybridized carbons (Fsp3) is 0.154. The number of benzene rings is 1. The van der Waals surface area contributed by atoms with E-state index in [1.807, 2.05) is 0 Å². The molecule has 6 nitrogen and oxygen atoms in total. The highest BCUT2D eigenvalue weighted by Crippen LogP contribution is 2.35. The third-order valence-corrected chi connectivity index (χ3v) is 3.05. The van der Waals surface area contributed by atoms with Crippen molar-refractivity contribution in [3.8, 4) is 11.5 Å². The van der Waals surface area contributed by atoms with Crippen LogP contribution in [0.5, 0.6) is 11.5 Å². The molecule has 1 aromatic heterocycles. The fourth-order valence-corrected chi connectivity index (χ4v) is 2.11. The number of carbonyl (C=O) groups excluding carboxylic acids is 1. The maximum Gasteiger partial charge on any atom is 0.231 e. The molecule has 1 aromatic carbocycles. The predicted molar refractivity (Wildman–Crippen MR) is 73.0 cm³/mol. The number of fused-ring (bicyclic) bond motifs is 1. The molecule has 1 aliphatic heterocycles. The lowest BCUT2D eigenvalue weighted by atomic mass is 10.2. The van der Waals surface area contributed by atoms with Gasteiger partial charge in [-0.2, -0.15) is 0 Å². The SMILES string of the molecule is Cc1nc(Cl)c(C=O)c(Nc2ccc3c(c2)OCO3)n1. The molecule has 2 aromatic rings. The van der Waals surface area contributed by atoms with E-state index in [-0.39, 0.29) is 17.5 Å². The Morgan fingerprint density at radius 2 is 2.10 bits per heavy atom. The molecule has 20 heavy (non-hydrogen) atoms. The summed E-state index contributed by atoms with van der Waals surface area (Å²) in [4.78, 5) is 19.2. The van der Waals surface area contributed by atoms with Crippen LogP contribution in [0.25, 0.3) is 0 Å². The molecule has 102 valence electrons. The molecule has 0 bridgehead atoms. The molecule has 0 amide bonds. The van der Waals surface area contributed by atoms with Gasteiger partial charge in [0.2, 0.25) is 6.79 Å². The van der Waals surface area contributed by atoms with E-state index in [4.69, 9.17) is 21.1 Å². The zero-order chi connectivity index (χ0) is 14.1. The van der Waals surface area contributed by atoms with Gasteiger partial charge < -0.3 is 14.8 Å². The van der Waals surface area contributed by atoms with E-state index in [2.05, 4.69) is 15.3 Å². The highest BCUT2D eigenvalue weighted by Gasteiger charge is 2.15. The van der Waals surface area contributed by atoms with Crippen molar-refractivity contribution in [3.63, 3.8) is 0 Å². The number of aldehydes is 1. The number of halogens is 1. The van der Waals surface area contributed by atoms with Gasteiger partial charge in [0.05, 0.1) is 5.56 Å². The molecular formula is C13H10ClN3O3. The molecule has 0 unspecified atom stereocenters. The van der Waals surface area contributed by atoms with Gasteiger partial charge in [0, 0.05) is 11.8 Å². The summed E-state index contributed by atoms with van der Waals surface area (Å²) >= 11 is 5.93. The average molecular weight is 292 g/mol. The van der Waals surface area contributed by atoms with Gasteiger partial charge in [-0.15, -0.1) is 0 Å². The summed E-state index contributed by atoms with van der Waals surface area (Å²) in [6.07, 6.45) is 0.622. The summed E-state index contributed by atoms with van der Waals surface area (Å²) in [7, 11) is 0. The molecule has 0 fully saturated rings. The number of hydrogen-bond acceptors (Lipinski definition) is 6. The number of ether oxygens (including phenoxy) is 2. The van der Waals surface area contributed by atoms with E-state index in [1.165, 1.54) is 0 Å². The Balaban J connectivity index is 1.97. The van der Waals surface area contributed by atoms with Gasteiger partial charge in [0.15, 0.2) is 17.8 Å². The van der Waals surface area contributed by atoms with E-state index in [1.54, 1.807) is 25.1 Å². The third kappa shape index (κ3) is 2.25. The number of aryl methyl sites for hydroxylation is 1. The van der Waals surface area contributed by atoms with Crippen LogP contribution in [-0.2, 0) is 0 Å². The van der Waals surface area contributed by atoms with Gasteiger partial charge in [0.1, 0.15) is 16.8 Å². The second-order valence-corrected chi connectivity index (χ2v) is 4.49. The first kappa shape index (κ1) is 12.7. The van der Waals surface area contributed by atoms with Crippen LogP contribution in [0.2, 0.25) is 5.15 Å². The number of rotatable bonds is 3. The zero-order valence-corrected chi connectivity index (χ0v) is 11.3. The minimum atomic E-state index is 0.121. The first-order valence-corrected chi connectivity index (χ1v) is 6.21. The summed E-state index contributed by atoms with van der Waals surface area (Å²) in [5, 5.41) is 3.15. The summed E-state index contributed by atoms with van der Waals surface area (Å²) in [5.74, 6) is 2.16. The second kappa shape index (κ2) is 4.97. The number of hydrogen-bond donors (Lipinski definition) is 1. The van der Waals surface area contributed by atoms with Crippen molar-refractivity contribution >= 4 is 29.4 Å². The van der Waals surface area contributed by atoms with E-state index in [0.717, 1.165) is 0 Å². The Morgan fingerprint density at radius 1 is 1.30 bits per heavy atom. The number of aromatic nitrogens is 2. The molecule has 3 rings (SSSR count). The fourth-order valence-electron chi connectivity index (χ4n) is 1.86. The Hall–Kier alpha value is -2.34. The Morgan fingerprint density at radius 3 is 2.90 bits per heavy atom. The summed E-state index contributed by atoms with van der Waals surface area (Å²) in [5.41, 5.74) is 0.932. The standard InChI is InChI=1S/C13H10ClN3O3/c1-7-15-12(14)9(5-18)13(16-7)17-8-2-3-10-11(4-8)20-6-19-10/h2-5H,6H2,1H3,(H,15,16,17). The van der Waals surface area contributed by atoms with Crippen LogP contribution in [-0.4, -0.2) is 23.0 Å². The van der Waals surface area contributed by atoms with Crippen molar-refractivity contribution in [2.24, 2.45) is 0 Å². The summed E-state index contributed by atoms with van der Waals surface area (Å²) in [6.45, 7) is 1.90. The molecule has 7 heteroatoms. The third-order valence-electron chi connectivity index (χ3n) is 2.76. The molecule has 0 radical (unpaired) electrons. The van der Waals surface area contributed by atoms with E-state index in [0.29, 0.717) is 35.1 Å². The highest BCUT2D eigenvalue weighted by atomic mass is 35.5. The molecule has 0 aliphatic carbocycles. The first-order chi connectivity index (χ1) is 9.67. The van der Waals surface area contributed by atoms with Crippen LogP contribution < -0.4 is 14.8 Å². The van der Waals surface area contributed by atoms with Gasteiger partial charge in [0.25, 0.3) is 0 Å². The smallest absolute Gasteiger partial charge is 0.231 e. The number of nitrogens with zero attached hydrogens (tertiary/aromatic N) is 2. The largest absolute Gasteiger partial charge is 0.454 e. The molecule has 1 aliphatic rings. The number of carbonyl (C=O) groups is 1. The van der Waals surface area contributed by atoms with Crippen molar-refractivity contribution in [3.05, 3.63) is 34.7 Å². The lowest BCUT2D eigenvalue weighted by molar-refractivity contribution is 0.112. The Kier molecular flexibility index (Phi) is 3.15. The molecule has 1 N–H and O–H groups in total. The molecular weight excluding hydrogens is 282 g/mol. The normalized spacial score (nSPS) is 12.3. The number of nitrogens with one attached hydrogen (secondary N) is 1. The maximum absolute atomic E-state index is 11.1. The molecule has 2 heterocycles. The molecule has 0 saturated carbocycles. The number of anilines is 2. The van der Waals surface area contributed by atoms with E-state index in [9.17, 15) is 4.79 Å². The summed E-state index contributed by atoms with van der Waals surface area (Å²) in [6, 6.07) is 5.34. The average Bonchev–Trinajstić information content (AvgIpc) is 2.85. The molecule has 0 atom stereocenters. The molecule has 0 saturated heterocycles. The van der Waals surface area contributed by atoms with Gasteiger partial charge in [-0.25, -0.2) is 9.97 Å². The second-order valence-electron chi connectivity index (χ2n) is 4.13. The van der Waals surface area contributed by atoms with Gasteiger partial charge >= 0.3 is 0 Å². The van der Waals surface area contributed by atoms with Crippen molar-refractivity contribution in [1.82, 2.24) is 9.97 Å². The van der Waals surface area contributed by atoms with Crippen molar-refractivity contribution in [1.29, 1.82) is 0 Å². The zero-order valence-electron chi connectivity index (χ0n) is 10.5. The minimum absolute atomic E-state index is 0.121. The Labute approximate surface area is 119 Å². The van der Waals surface area contributed by atoms with Crippen LogP contribution in [0.3, 0.4) is 0 Å². The van der Waals surface area contributed by atoms with Crippen molar-refractivity contribution < 1.29 is 14.3 Å². The lowest BCUT2D eigenvalue weighted by Crippen LogP contribution is -2.03. The molecule has 0 spiro atoms. The van der Waals surface area contributed by atoms with Gasteiger partial charge in [-0.1, -0.05) is 11.6 Å². The van der Waals surface area contributed by atoms with Gasteiger partial charge in [-0.3, -0.25) is 4.79 Å². The van der Waals surface area contributed by atoms with Crippen molar-refractivity contribution in [2.45, 2.75) is 6.92 Å². The summed E-state index contributed by atoms with van der Waals surface area (Å²) < 4.78 is 10.5. The monoisotopic (exact) mass is 291 g/mol. The lowest BCUT2D eigenvalue weighted by Gasteiger charge is -2.10. The van der Waals surface area contributed by atoms with Crippen LogP contribution in [0.15, 0.2) is 18.2 Å². The topological polar surface area (TPSA) is 73.3 Å². The van der Waals surface area contributed by atoms with Gasteiger partial charge in [-0.05, 0) is 19.1 Å². The van der Waals surface area contributed by atoms with Crippen molar-refractivity contribution in [2.75, 3.05) is 12.1 Å². The van der Waals surface area contributed by atoms with E-state index >= 15 is 0 Å². The van der Waals surface area contributed by atoms with Crippen LogP contribution in [0.4, 0.5) is 11.5 Å².